The molecule has 1 aromatic rings. The van der Waals surface area contributed by atoms with Crippen molar-refractivity contribution in [1.29, 1.82) is 0 Å². The summed E-state index contributed by atoms with van der Waals surface area (Å²) in [4.78, 5) is 2.20. The topological polar surface area (TPSA) is 62.2 Å². The summed E-state index contributed by atoms with van der Waals surface area (Å²) < 4.78 is 11.0. The summed E-state index contributed by atoms with van der Waals surface area (Å²) in [6, 6.07) is 9.46. The van der Waals surface area contributed by atoms with Gasteiger partial charge in [0.15, 0.2) is 0 Å². The molecule has 1 fully saturated rings. The minimum Gasteiger partial charge on any atom is -0.493 e. The van der Waals surface area contributed by atoms with Gasteiger partial charge in [-0.15, -0.1) is 0 Å². The number of para-hydroxylation sites is 1. The number of morpholine rings is 1. The first-order valence-electron chi connectivity index (χ1n) is 6.98. The van der Waals surface area contributed by atoms with Gasteiger partial charge >= 0.3 is 0 Å². The van der Waals surface area contributed by atoms with Crippen LogP contribution in [-0.2, 0) is 4.74 Å². The van der Waals surface area contributed by atoms with E-state index in [0.29, 0.717) is 26.4 Å². The van der Waals surface area contributed by atoms with E-state index in [0.717, 1.165) is 18.8 Å². The Balaban J connectivity index is 1.93. The molecule has 0 aromatic heterocycles. The Morgan fingerprint density at radius 3 is 2.35 bits per heavy atom. The van der Waals surface area contributed by atoms with Gasteiger partial charge in [0.25, 0.3) is 0 Å². The van der Waals surface area contributed by atoms with Crippen LogP contribution in [0.25, 0.3) is 0 Å². The maximum absolute atomic E-state index is 9.69. The fraction of sp³-hybridized carbons (Fsp3) is 0.600. The van der Waals surface area contributed by atoms with Crippen molar-refractivity contribution < 1.29 is 19.7 Å². The van der Waals surface area contributed by atoms with E-state index >= 15 is 0 Å². The zero-order valence-corrected chi connectivity index (χ0v) is 11.7. The molecule has 112 valence electrons. The van der Waals surface area contributed by atoms with Gasteiger partial charge in [0.2, 0.25) is 0 Å². The van der Waals surface area contributed by atoms with E-state index in [4.69, 9.17) is 9.47 Å². The summed E-state index contributed by atoms with van der Waals surface area (Å²) in [5.41, 5.74) is -0.646. The van der Waals surface area contributed by atoms with E-state index < -0.39 is 5.41 Å². The van der Waals surface area contributed by atoms with Gasteiger partial charge in [-0.25, -0.2) is 0 Å². The van der Waals surface area contributed by atoms with Gasteiger partial charge in [-0.3, -0.25) is 4.90 Å². The lowest BCUT2D eigenvalue weighted by Gasteiger charge is -2.37. The van der Waals surface area contributed by atoms with Gasteiger partial charge in [-0.1, -0.05) is 18.2 Å². The summed E-state index contributed by atoms with van der Waals surface area (Å²) in [6.45, 7) is 3.75. The van der Waals surface area contributed by atoms with Crippen molar-refractivity contribution in [2.45, 2.75) is 0 Å². The van der Waals surface area contributed by atoms with Crippen LogP contribution in [0.2, 0.25) is 0 Å². The second-order valence-corrected chi connectivity index (χ2v) is 5.31. The molecule has 1 aliphatic heterocycles. The van der Waals surface area contributed by atoms with Crippen molar-refractivity contribution >= 4 is 0 Å². The van der Waals surface area contributed by atoms with Crippen molar-refractivity contribution in [3.05, 3.63) is 30.3 Å². The molecule has 0 radical (unpaired) electrons. The molecule has 2 rings (SSSR count). The minimum atomic E-state index is -0.646. The first kappa shape index (κ1) is 15.3. The van der Waals surface area contributed by atoms with E-state index in [9.17, 15) is 10.2 Å². The number of aliphatic hydroxyl groups is 2. The van der Waals surface area contributed by atoms with Gasteiger partial charge in [-0.05, 0) is 12.1 Å². The molecule has 2 N–H and O–H groups in total. The minimum absolute atomic E-state index is 0.103. The molecule has 1 aromatic carbocycles. The van der Waals surface area contributed by atoms with Gasteiger partial charge in [-0.2, -0.15) is 0 Å². The van der Waals surface area contributed by atoms with Crippen molar-refractivity contribution in [3.63, 3.8) is 0 Å². The van der Waals surface area contributed by atoms with E-state index in [-0.39, 0.29) is 13.2 Å². The fourth-order valence-corrected chi connectivity index (χ4v) is 2.27. The second-order valence-electron chi connectivity index (χ2n) is 5.31. The highest BCUT2D eigenvalue weighted by molar-refractivity contribution is 5.21. The largest absolute Gasteiger partial charge is 0.493 e. The lowest BCUT2D eigenvalue weighted by atomic mass is 9.90. The van der Waals surface area contributed by atoms with E-state index in [1.165, 1.54) is 0 Å². The highest BCUT2D eigenvalue weighted by Crippen LogP contribution is 2.21. The van der Waals surface area contributed by atoms with Crippen LogP contribution >= 0.6 is 0 Å². The van der Waals surface area contributed by atoms with Crippen molar-refractivity contribution in [2.24, 2.45) is 5.41 Å². The smallest absolute Gasteiger partial charge is 0.119 e. The van der Waals surface area contributed by atoms with Crippen LogP contribution in [0.4, 0.5) is 0 Å². The fourth-order valence-electron chi connectivity index (χ4n) is 2.27. The quantitative estimate of drug-likeness (QED) is 0.756. The number of ether oxygens (including phenoxy) is 2. The monoisotopic (exact) mass is 281 g/mol. The van der Waals surface area contributed by atoms with Gasteiger partial charge in [0.05, 0.1) is 38.4 Å². The first-order chi connectivity index (χ1) is 9.78. The number of hydrogen-bond donors (Lipinski definition) is 2. The standard InChI is InChI=1S/C15H23NO4/c17-11-15(12-18,10-16-6-8-19-9-7-16)13-20-14-4-2-1-3-5-14/h1-5,17-18H,6-13H2. The van der Waals surface area contributed by atoms with Crippen LogP contribution in [-0.4, -0.2) is 67.8 Å². The molecular formula is C15H23NO4. The zero-order valence-electron chi connectivity index (χ0n) is 11.7. The average Bonchev–Trinajstić information content (AvgIpc) is 2.53. The molecular weight excluding hydrogens is 258 g/mol. The van der Waals surface area contributed by atoms with Crippen LogP contribution in [0.5, 0.6) is 5.75 Å². The number of hydrogen-bond acceptors (Lipinski definition) is 5. The van der Waals surface area contributed by atoms with Crippen molar-refractivity contribution in [3.8, 4) is 5.75 Å². The lowest BCUT2D eigenvalue weighted by molar-refractivity contribution is -0.0386. The highest BCUT2D eigenvalue weighted by atomic mass is 16.5. The summed E-state index contributed by atoms with van der Waals surface area (Å²) in [7, 11) is 0. The third-order valence-corrected chi connectivity index (χ3v) is 3.62. The summed E-state index contributed by atoms with van der Waals surface area (Å²) in [5, 5.41) is 19.4. The molecule has 1 heterocycles. The number of nitrogens with zero attached hydrogens (tertiary/aromatic N) is 1. The first-order valence-corrected chi connectivity index (χ1v) is 6.98. The molecule has 0 atom stereocenters. The number of aliphatic hydroxyl groups excluding tert-OH is 2. The van der Waals surface area contributed by atoms with Gasteiger partial charge < -0.3 is 19.7 Å². The summed E-state index contributed by atoms with van der Waals surface area (Å²) in [6.07, 6.45) is 0. The summed E-state index contributed by atoms with van der Waals surface area (Å²) in [5.74, 6) is 0.751. The molecule has 0 spiro atoms. The lowest BCUT2D eigenvalue weighted by Crippen LogP contribution is -2.49. The Hall–Kier alpha value is -1.14. The average molecular weight is 281 g/mol. The second kappa shape index (κ2) is 7.59. The Morgan fingerprint density at radius 2 is 1.75 bits per heavy atom. The normalized spacial score (nSPS) is 17.1. The molecule has 0 unspecified atom stereocenters. The molecule has 0 aliphatic carbocycles. The van der Waals surface area contributed by atoms with Crippen LogP contribution < -0.4 is 4.74 Å². The Morgan fingerprint density at radius 1 is 1.10 bits per heavy atom. The molecule has 5 nitrogen and oxygen atoms in total. The maximum Gasteiger partial charge on any atom is 0.119 e. The van der Waals surface area contributed by atoms with Crippen molar-refractivity contribution in [2.75, 3.05) is 52.7 Å². The third kappa shape index (κ3) is 4.18. The number of benzene rings is 1. The van der Waals surface area contributed by atoms with Crippen molar-refractivity contribution in [1.82, 2.24) is 4.90 Å². The van der Waals surface area contributed by atoms with E-state index in [2.05, 4.69) is 4.90 Å². The maximum atomic E-state index is 9.69. The Labute approximate surface area is 119 Å². The number of rotatable bonds is 7. The predicted molar refractivity (Wildman–Crippen MR) is 75.8 cm³/mol. The molecule has 5 heteroatoms. The van der Waals surface area contributed by atoms with Crippen LogP contribution in [0.1, 0.15) is 0 Å². The van der Waals surface area contributed by atoms with Gasteiger partial charge in [0, 0.05) is 19.6 Å². The third-order valence-electron chi connectivity index (χ3n) is 3.62. The molecule has 0 bridgehead atoms. The van der Waals surface area contributed by atoms with Crippen LogP contribution in [0.3, 0.4) is 0 Å². The molecule has 1 saturated heterocycles. The van der Waals surface area contributed by atoms with Gasteiger partial charge in [0.1, 0.15) is 5.75 Å². The zero-order chi connectivity index (χ0) is 14.3. The van der Waals surface area contributed by atoms with Crippen LogP contribution in [0, 0.1) is 5.41 Å². The molecule has 0 amide bonds. The Kier molecular flexibility index (Phi) is 5.79. The molecule has 20 heavy (non-hydrogen) atoms. The molecule has 1 aliphatic rings. The SMILES string of the molecule is OCC(CO)(COc1ccccc1)CN1CCOCC1. The Bertz CT molecular complexity index is 375. The van der Waals surface area contributed by atoms with E-state index in [1.807, 2.05) is 30.3 Å². The highest BCUT2D eigenvalue weighted by Gasteiger charge is 2.33. The predicted octanol–water partition coefficient (Wildman–Crippen LogP) is 0.369. The summed E-state index contributed by atoms with van der Waals surface area (Å²) >= 11 is 0. The molecule has 0 saturated carbocycles. The van der Waals surface area contributed by atoms with E-state index in [1.54, 1.807) is 0 Å². The van der Waals surface area contributed by atoms with Crippen LogP contribution in [0.15, 0.2) is 30.3 Å².